The summed E-state index contributed by atoms with van der Waals surface area (Å²) in [7, 11) is 1.82. The molecule has 0 radical (unpaired) electrons. The molecule has 12 heavy (non-hydrogen) atoms. The Morgan fingerprint density at radius 3 is 2.50 bits per heavy atom. The van der Waals surface area contributed by atoms with Gasteiger partial charge in [-0.1, -0.05) is 20.8 Å². The molecule has 0 amide bonds. The number of piperidine rings is 1. The first kappa shape index (κ1) is 10.0. The first-order valence-corrected chi connectivity index (χ1v) is 4.80. The molecule has 2 nitrogen and oxygen atoms in total. The highest BCUT2D eigenvalue weighted by Crippen LogP contribution is 2.26. The summed E-state index contributed by atoms with van der Waals surface area (Å²) in [6, 6.07) is 0.608. The van der Waals surface area contributed by atoms with E-state index in [0.29, 0.717) is 17.6 Å². The second-order valence-electron chi connectivity index (χ2n) is 4.75. The van der Waals surface area contributed by atoms with Gasteiger partial charge in [-0.15, -0.1) is 0 Å². The van der Waals surface area contributed by atoms with Crippen molar-refractivity contribution < 1.29 is 4.74 Å². The number of methoxy groups -OCH3 is 1. The van der Waals surface area contributed by atoms with E-state index in [0.717, 1.165) is 19.4 Å². The summed E-state index contributed by atoms with van der Waals surface area (Å²) in [5.74, 6) is 0. The third-order valence-corrected chi connectivity index (χ3v) is 2.73. The molecule has 0 aliphatic carbocycles. The minimum atomic E-state index is 0.358. The Balaban J connectivity index is 2.46. The predicted octanol–water partition coefficient (Wildman–Crippen LogP) is 1.80. The van der Waals surface area contributed by atoms with Crippen LogP contribution < -0.4 is 5.32 Å². The fourth-order valence-corrected chi connectivity index (χ4v) is 1.76. The summed E-state index contributed by atoms with van der Waals surface area (Å²) in [5, 5.41) is 3.54. The Labute approximate surface area is 75.7 Å². The summed E-state index contributed by atoms with van der Waals surface area (Å²) in [5.41, 5.74) is 0.358. The summed E-state index contributed by atoms with van der Waals surface area (Å²) >= 11 is 0. The monoisotopic (exact) mass is 171 g/mol. The maximum atomic E-state index is 5.38. The van der Waals surface area contributed by atoms with E-state index in [4.69, 9.17) is 4.74 Å². The first-order valence-electron chi connectivity index (χ1n) is 4.80. The van der Waals surface area contributed by atoms with Crippen molar-refractivity contribution >= 4 is 0 Å². The van der Waals surface area contributed by atoms with Crippen LogP contribution >= 0.6 is 0 Å². The quantitative estimate of drug-likeness (QED) is 0.649. The molecule has 0 aromatic rings. The molecule has 0 bridgehead atoms. The highest BCUT2D eigenvalue weighted by atomic mass is 16.5. The van der Waals surface area contributed by atoms with E-state index in [1.165, 1.54) is 0 Å². The molecule has 72 valence electrons. The molecular formula is C10H21NO. The van der Waals surface area contributed by atoms with Gasteiger partial charge >= 0.3 is 0 Å². The van der Waals surface area contributed by atoms with Crippen LogP contribution in [0.25, 0.3) is 0 Å². The van der Waals surface area contributed by atoms with E-state index in [-0.39, 0.29) is 0 Å². The number of ether oxygens (including phenoxy) is 1. The van der Waals surface area contributed by atoms with Gasteiger partial charge in [0.1, 0.15) is 0 Å². The Morgan fingerprint density at radius 1 is 1.33 bits per heavy atom. The zero-order valence-corrected chi connectivity index (χ0v) is 8.68. The van der Waals surface area contributed by atoms with Gasteiger partial charge in [0, 0.05) is 13.2 Å². The van der Waals surface area contributed by atoms with Crippen LogP contribution in [-0.2, 0) is 4.74 Å². The van der Waals surface area contributed by atoms with Crippen molar-refractivity contribution in [2.75, 3.05) is 13.7 Å². The molecule has 1 aliphatic heterocycles. The lowest BCUT2D eigenvalue weighted by Crippen LogP contribution is -2.48. The molecule has 0 saturated carbocycles. The Kier molecular flexibility index (Phi) is 3.13. The van der Waals surface area contributed by atoms with E-state index < -0.39 is 0 Å². The Morgan fingerprint density at radius 2 is 2.00 bits per heavy atom. The van der Waals surface area contributed by atoms with Crippen molar-refractivity contribution in [1.29, 1.82) is 0 Å². The number of nitrogens with one attached hydrogen (secondary N) is 1. The van der Waals surface area contributed by atoms with Crippen molar-refractivity contribution in [1.82, 2.24) is 5.32 Å². The van der Waals surface area contributed by atoms with E-state index in [9.17, 15) is 0 Å². The third-order valence-electron chi connectivity index (χ3n) is 2.73. The van der Waals surface area contributed by atoms with Crippen LogP contribution in [-0.4, -0.2) is 25.8 Å². The topological polar surface area (TPSA) is 21.3 Å². The maximum absolute atomic E-state index is 5.38. The second kappa shape index (κ2) is 3.75. The van der Waals surface area contributed by atoms with Crippen molar-refractivity contribution in [3.8, 4) is 0 Å². The molecule has 0 spiro atoms. The molecule has 1 rings (SSSR count). The van der Waals surface area contributed by atoms with E-state index >= 15 is 0 Å². The highest BCUT2D eigenvalue weighted by molar-refractivity contribution is 4.86. The lowest BCUT2D eigenvalue weighted by Gasteiger charge is -2.38. The molecule has 2 unspecified atom stereocenters. The average molecular weight is 171 g/mol. The zero-order valence-electron chi connectivity index (χ0n) is 8.68. The molecular weight excluding hydrogens is 150 g/mol. The van der Waals surface area contributed by atoms with Gasteiger partial charge in [0.05, 0.1) is 6.10 Å². The minimum absolute atomic E-state index is 0.358. The van der Waals surface area contributed by atoms with Crippen LogP contribution in [0.2, 0.25) is 0 Å². The van der Waals surface area contributed by atoms with E-state index in [2.05, 4.69) is 26.1 Å². The molecule has 2 atom stereocenters. The molecule has 1 heterocycles. The second-order valence-corrected chi connectivity index (χ2v) is 4.75. The molecule has 1 N–H and O–H groups in total. The molecule has 1 aliphatic rings. The summed E-state index contributed by atoms with van der Waals surface area (Å²) in [4.78, 5) is 0. The van der Waals surface area contributed by atoms with Gasteiger partial charge in [-0.2, -0.15) is 0 Å². The van der Waals surface area contributed by atoms with Crippen LogP contribution in [0.3, 0.4) is 0 Å². The van der Waals surface area contributed by atoms with Gasteiger partial charge in [0.25, 0.3) is 0 Å². The fraction of sp³-hybridized carbons (Fsp3) is 1.00. The lowest BCUT2D eigenvalue weighted by atomic mass is 9.81. The minimum Gasteiger partial charge on any atom is -0.381 e. The molecule has 0 aromatic carbocycles. The molecule has 0 aromatic heterocycles. The van der Waals surface area contributed by atoms with Gasteiger partial charge < -0.3 is 10.1 Å². The lowest BCUT2D eigenvalue weighted by molar-refractivity contribution is 0.0417. The van der Waals surface area contributed by atoms with Gasteiger partial charge in [0.2, 0.25) is 0 Å². The van der Waals surface area contributed by atoms with Crippen molar-refractivity contribution in [3.05, 3.63) is 0 Å². The van der Waals surface area contributed by atoms with Crippen molar-refractivity contribution in [2.45, 2.75) is 45.8 Å². The fourth-order valence-electron chi connectivity index (χ4n) is 1.76. The van der Waals surface area contributed by atoms with Crippen molar-refractivity contribution in [2.24, 2.45) is 5.41 Å². The zero-order chi connectivity index (χ0) is 9.19. The Hall–Kier alpha value is -0.0800. The van der Waals surface area contributed by atoms with Gasteiger partial charge in [-0.05, 0) is 24.8 Å². The highest BCUT2D eigenvalue weighted by Gasteiger charge is 2.29. The van der Waals surface area contributed by atoms with Gasteiger partial charge in [0.15, 0.2) is 0 Å². The van der Waals surface area contributed by atoms with Crippen LogP contribution in [0, 0.1) is 5.41 Å². The standard InChI is InChI=1S/C10H21NO/c1-10(2,3)9-7-8(12-4)5-6-11-9/h8-9,11H,5-7H2,1-4H3. The predicted molar refractivity (Wildman–Crippen MR) is 51.3 cm³/mol. The molecule has 1 fully saturated rings. The number of rotatable bonds is 1. The van der Waals surface area contributed by atoms with Gasteiger partial charge in [-0.3, -0.25) is 0 Å². The summed E-state index contributed by atoms with van der Waals surface area (Å²) in [6.07, 6.45) is 2.78. The molecule has 2 heteroatoms. The normalized spacial score (nSPS) is 32.0. The van der Waals surface area contributed by atoms with Crippen LogP contribution in [0.4, 0.5) is 0 Å². The van der Waals surface area contributed by atoms with Crippen LogP contribution in [0.5, 0.6) is 0 Å². The smallest absolute Gasteiger partial charge is 0.0598 e. The van der Waals surface area contributed by atoms with E-state index in [1.54, 1.807) is 0 Å². The summed E-state index contributed by atoms with van der Waals surface area (Å²) in [6.45, 7) is 7.94. The van der Waals surface area contributed by atoms with E-state index in [1.807, 2.05) is 7.11 Å². The van der Waals surface area contributed by atoms with Crippen LogP contribution in [0.1, 0.15) is 33.6 Å². The largest absolute Gasteiger partial charge is 0.381 e. The van der Waals surface area contributed by atoms with Crippen molar-refractivity contribution in [3.63, 3.8) is 0 Å². The molecule has 1 saturated heterocycles. The Bertz CT molecular complexity index is 139. The number of hydrogen-bond donors (Lipinski definition) is 1. The van der Waals surface area contributed by atoms with Gasteiger partial charge in [-0.25, -0.2) is 0 Å². The average Bonchev–Trinajstić information content (AvgIpc) is 2.03. The SMILES string of the molecule is COC1CCNC(C(C)(C)C)C1. The van der Waals surface area contributed by atoms with Crippen LogP contribution in [0.15, 0.2) is 0 Å². The first-order chi connectivity index (χ1) is 5.54. The summed E-state index contributed by atoms with van der Waals surface area (Å²) < 4.78 is 5.38. The number of hydrogen-bond acceptors (Lipinski definition) is 2. The third kappa shape index (κ3) is 2.46. The maximum Gasteiger partial charge on any atom is 0.0598 e.